The summed E-state index contributed by atoms with van der Waals surface area (Å²) in [7, 11) is 0. The number of hydrogen-bond donors (Lipinski definition) is 1. The van der Waals surface area contributed by atoms with Gasteiger partial charge in [-0.15, -0.1) is 0 Å². The maximum Gasteiger partial charge on any atom is 0.161 e. The molecule has 88 valence electrons. The first kappa shape index (κ1) is 11.5. The van der Waals surface area contributed by atoms with Gasteiger partial charge in [0, 0.05) is 6.07 Å². The van der Waals surface area contributed by atoms with Gasteiger partial charge in [0.1, 0.15) is 5.82 Å². The van der Waals surface area contributed by atoms with E-state index in [2.05, 4.69) is 5.32 Å². The molecule has 0 amide bonds. The first-order valence-corrected chi connectivity index (χ1v) is 5.44. The van der Waals surface area contributed by atoms with Crippen LogP contribution in [0.15, 0.2) is 12.1 Å². The summed E-state index contributed by atoms with van der Waals surface area (Å²) in [5.41, 5.74) is 0.299. The minimum atomic E-state index is -1.12. The summed E-state index contributed by atoms with van der Waals surface area (Å²) < 4.78 is 39.4. The van der Waals surface area contributed by atoms with Crippen LogP contribution in [0.2, 0.25) is 0 Å². The summed E-state index contributed by atoms with van der Waals surface area (Å²) in [6, 6.07) is 1.64. The van der Waals surface area contributed by atoms with Crippen LogP contribution in [-0.2, 0) is 0 Å². The second-order valence-electron chi connectivity index (χ2n) is 4.36. The molecular formula is C12H14F3N. The van der Waals surface area contributed by atoms with E-state index in [9.17, 15) is 13.2 Å². The molecule has 1 aromatic rings. The standard InChI is InChI=1S/C12H14F3N/c1-7-6-16-3-2-8(7)9-4-11(14)12(15)5-10(9)13/h4-5,7-8,16H,2-3,6H2,1H3/t7-,8+/m0/s1. The van der Waals surface area contributed by atoms with Gasteiger partial charge in [0.05, 0.1) is 0 Å². The molecule has 1 nitrogen and oxygen atoms in total. The Labute approximate surface area is 92.7 Å². The van der Waals surface area contributed by atoms with E-state index in [1.54, 1.807) is 0 Å². The van der Waals surface area contributed by atoms with Gasteiger partial charge in [-0.1, -0.05) is 6.92 Å². The van der Waals surface area contributed by atoms with Crippen molar-refractivity contribution in [1.29, 1.82) is 0 Å². The van der Waals surface area contributed by atoms with Crippen LogP contribution in [0.4, 0.5) is 13.2 Å². The van der Waals surface area contributed by atoms with Gasteiger partial charge in [0.15, 0.2) is 11.6 Å². The van der Waals surface area contributed by atoms with E-state index >= 15 is 0 Å². The number of rotatable bonds is 1. The Morgan fingerprint density at radius 2 is 1.81 bits per heavy atom. The third-order valence-corrected chi connectivity index (χ3v) is 3.22. The van der Waals surface area contributed by atoms with Gasteiger partial charge in [-0.05, 0) is 43.0 Å². The Morgan fingerprint density at radius 1 is 1.12 bits per heavy atom. The highest BCUT2D eigenvalue weighted by Crippen LogP contribution is 2.32. The molecule has 0 unspecified atom stereocenters. The molecule has 1 saturated heterocycles. The number of benzene rings is 1. The molecule has 0 spiro atoms. The molecule has 0 saturated carbocycles. The summed E-state index contributed by atoms with van der Waals surface area (Å²) in [6.07, 6.45) is 0.753. The monoisotopic (exact) mass is 229 g/mol. The van der Waals surface area contributed by atoms with Crippen molar-refractivity contribution in [3.8, 4) is 0 Å². The number of nitrogens with one attached hydrogen (secondary N) is 1. The SMILES string of the molecule is C[C@H]1CNCC[C@H]1c1cc(F)c(F)cc1F. The van der Waals surface area contributed by atoms with E-state index in [1.807, 2.05) is 6.92 Å². The maximum atomic E-state index is 13.6. The predicted octanol–water partition coefficient (Wildman–Crippen LogP) is 2.82. The summed E-state index contributed by atoms with van der Waals surface area (Å²) in [5, 5.41) is 3.19. The van der Waals surface area contributed by atoms with Crippen LogP contribution in [-0.4, -0.2) is 13.1 Å². The Balaban J connectivity index is 2.35. The summed E-state index contributed by atoms with van der Waals surface area (Å²) >= 11 is 0. The van der Waals surface area contributed by atoms with Crippen LogP contribution in [0.5, 0.6) is 0 Å². The highest BCUT2D eigenvalue weighted by molar-refractivity contribution is 5.25. The fourth-order valence-electron chi connectivity index (χ4n) is 2.30. The van der Waals surface area contributed by atoms with E-state index in [4.69, 9.17) is 0 Å². The second-order valence-corrected chi connectivity index (χ2v) is 4.36. The van der Waals surface area contributed by atoms with Gasteiger partial charge in [-0.2, -0.15) is 0 Å². The molecule has 1 fully saturated rings. The normalized spacial score (nSPS) is 25.8. The quantitative estimate of drug-likeness (QED) is 0.730. The van der Waals surface area contributed by atoms with Gasteiger partial charge >= 0.3 is 0 Å². The highest BCUT2D eigenvalue weighted by atomic mass is 19.2. The van der Waals surface area contributed by atoms with E-state index in [0.29, 0.717) is 11.6 Å². The van der Waals surface area contributed by atoms with E-state index in [1.165, 1.54) is 0 Å². The molecule has 2 atom stereocenters. The molecule has 1 aliphatic rings. The topological polar surface area (TPSA) is 12.0 Å². The average Bonchev–Trinajstić information content (AvgIpc) is 2.25. The molecule has 1 aliphatic heterocycles. The van der Waals surface area contributed by atoms with Crippen LogP contribution in [0, 0.1) is 23.4 Å². The number of halogens is 3. The predicted molar refractivity (Wildman–Crippen MR) is 55.7 cm³/mol. The average molecular weight is 229 g/mol. The van der Waals surface area contributed by atoms with Crippen molar-refractivity contribution < 1.29 is 13.2 Å². The zero-order chi connectivity index (χ0) is 11.7. The van der Waals surface area contributed by atoms with Gasteiger partial charge in [-0.25, -0.2) is 13.2 Å². The number of piperidine rings is 1. The molecule has 0 aromatic heterocycles. The van der Waals surface area contributed by atoms with Crippen molar-refractivity contribution in [2.45, 2.75) is 19.3 Å². The zero-order valence-corrected chi connectivity index (χ0v) is 9.06. The van der Waals surface area contributed by atoms with Crippen LogP contribution >= 0.6 is 0 Å². The first-order chi connectivity index (χ1) is 7.59. The fraction of sp³-hybridized carbons (Fsp3) is 0.500. The van der Waals surface area contributed by atoms with Crippen LogP contribution in [0.1, 0.15) is 24.8 Å². The van der Waals surface area contributed by atoms with Crippen molar-refractivity contribution in [2.24, 2.45) is 5.92 Å². The zero-order valence-electron chi connectivity index (χ0n) is 9.06. The van der Waals surface area contributed by atoms with Gasteiger partial charge in [-0.3, -0.25) is 0 Å². The van der Waals surface area contributed by atoms with Crippen molar-refractivity contribution in [1.82, 2.24) is 5.32 Å². The Kier molecular flexibility index (Phi) is 3.19. The Morgan fingerprint density at radius 3 is 2.50 bits per heavy atom. The van der Waals surface area contributed by atoms with Crippen molar-refractivity contribution >= 4 is 0 Å². The van der Waals surface area contributed by atoms with Crippen LogP contribution in [0.25, 0.3) is 0 Å². The van der Waals surface area contributed by atoms with Crippen LogP contribution in [0.3, 0.4) is 0 Å². The van der Waals surface area contributed by atoms with Crippen molar-refractivity contribution in [3.05, 3.63) is 35.1 Å². The maximum absolute atomic E-state index is 13.6. The molecule has 1 N–H and O–H groups in total. The molecular weight excluding hydrogens is 215 g/mol. The molecule has 0 aliphatic carbocycles. The van der Waals surface area contributed by atoms with Crippen LogP contribution < -0.4 is 5.32 Å². The third-order valence-electron chi connectivity index (χ3n) is 3.22. The number of hydrogen-bond acceptors (Lipinski definition) is 1. The van der Waals surface area contributed by atoms with Gasteiger partial charge < -0.3 is 5.32 Å². The summed E-state index contributed by atoms with van der Waals surface area (Å²) in [5.74, 6) is -2.54. The van der Waals surface area contributed by atoms with Crippen molar-refractivity contribution in [2.75, 3.05) is 13.1 Å². The summed E-state index contributed by atoms with van der Waals surface area (Å²) in [4.78, 5) is 0. The van der Waals surface area contributed by atoms with Gasteiger partial charge in [0.2, 0.25) is 0 Å². The second kappa shape index (κ2) is 4.45. The smallest absolute Gasteiger partial charge is 0.161 e. The fourth-order valence-corrected chi connectivity index (χ4v) is 2.30. The lowest BCUT2D eigenvalue weighted by Crippen LogP contribution is -2.34. The first-order valence-electron chi connectivity index (χ1n) is 5.44. The molecule has 4 heteroatoms. The van der Waals surface area contributed by atoms with E-state index in [-0.39, 0.29) is 11.8 Å². The minimum Gasteiger partial charge on any atom is -0.316 e. The molecule has 1 aromatic carbocycles. The highest BCUT2D eigenvalue weighted by Gasteiger charge is 2.26. The third kappa shape index (κ3) is 2.07. The lowest BCUT2D eigenvalue weighted by molar-refractivity contribution is 0.339. The van der Waals surface area contributed by atoms with Crippen molar-refractivity contribution in [3.63, 3.8) is 0 Å². The lowest BCUT2D eigenvalue weighted by Gasteiger charge is -2.30. The van der Waals surface area contributed by atoms with Gasteiger partial charge in [0.25, 0.3) is 0 Å². The summed E-state index contributed by atoms with van der Waals surface area (Å²) in [6.45, 7) is 3.55. The Bertz CT molecular complexity index is 392. The molecule has 16 heavy (non-hydrogen) atoms. The largest absolute Gasteiger partial charge is 0.316 e. The molecule has 1 heterocycles. The minimum absolute atomic E-state index is 0.0312. The molecule has 2 rings (SSSR count). The molecule has 0 bridgehead atoms. The van der Waals surface area contributed by atoms with E-state index in [0.717, 1.165) is 25.6 Å². The molecule has 0 radical (unpaired) electrons. The Hall–Kier alpha value is -1.03. The lowest BCUT2D eigenvalue weighted by atomic mass is 9.82. The van der Waals surface area contributed by atoms with E-state index < -0.39 is 17.5 Å².